The highest BCUT2D eigenvalue weighted by Gasteiger charge is 2.60. The van der Waals surface area contributed by atoms with Gasteiger partial charge in [-0.25, -0.2) is 5.01 Å². The maximum atomic E-state index is 13.5. The summed E-state index contributed by atoms with van der Waals surface area (Å²) < 4.78 is 7.51. The molecule has 0 bridgehead atoms. The van der Waals surface area contributed by atoms with Crippen molar-refractivity contribution in [2.24, 2.45) is 5.10 Å². The maximum Gasteiger partial charge on any atom is 0.306 e. The number of amides is 1. The number of halogens is 1. The normalized spacial score (nSPS) is 23.1. The molecule has 0 saturated heterocycles. The quantitative estimate of drug-likeness (QED) is 0.513. The van der Waals surface area contributed by atoms with Crippen LogP contribution in [0.4, 0.5) is 5.69 Å². The molecule has 3 heterocycles. The zero-order valence-electron chi connectivity index (χ0n) is 17.1. The van der Waals surface area contributed by atoms with Crippen LogP contribution in [0.1, 0.15) is 40.3 Å². The molecule has 154 valence electrons. The van der Waals surface area contributed by atoms with Crippen molar-refractivity contribution < 1.29 is 9.53 Å². The van der Waals surface area contributed by atoms with Crippen molar-refractivity contribution in [2.45, 2.75) is 32.0 Å². The van der Waals surface area contributed by atoms with Crippen LogP contribution < -0.4 is 10.1 Å². The van der Waals surface area contributed by atoms with E-state index in [0.29, 0.717) is 12.2 Å². The van der Waals surface area contributed by atoms with Crippen LogP contribution in [-0.4, -0.2) is 16.6 Å². The van der Waals surface area contributed by atoms with E-state index in [0.717, 1.165) is 38.1 Å². The minimum Gasteiger partial charge on any atom is -0.453 e. The number of benzene rings is 3. The molecule has 0 aliphatic carbocycles. The minimum absolute atomic E-state index is 0.102. The fourth-order valence-corrected chi connectivity index (χ4v) is 5.13. The first kappa shape index (κ1) is 18.6. The third kappa shape index (κ3) is 2.61. The van der Waals surface area contributed by atoms with Crippen LogP contribution in [-0.2, 0) is 10.5 Å². The Morgan fingerprint density at radius 1 is 1.06 bits per heavy atom. The third-order valence-corrected chi connectivity index (χ3v) is 6.80. The Balaban J connectivity index is 1.58. The lowest BCUT2D eigenvalue weighted by Crippen LogP contribution is -2.55. The first-order valence-electron chi connectivity index (χ1n) is 10.3. The summed E-state index contributed by atoms with van der Waals surface area (Å²) in [5, 5.41) is 9.89. The molecular weight excluding hydrogens is 454 g/mol. The molecule has 1 amide bonds. The molecule has 31 heavy (non-hydrogen) atoms. The average Bonchev–Trinajstić information content (AvgIpc) is 3.31. The summed E-state index contributed by atoms with van der Waals surface area (Å²) in [5.41, 5.74) is 5.58. The summed E-state index contributed by atoms with van der Waals surface area (Å²) in [5.74, 6) is 0.509. The molecule has 0 aromatic heterocycles. The number of carbonyl (C=O) groups excluding carboxylic acids is 1. The largest absolute Gasteiger partial charge is 0.453 e. The monoisotopic (exact) mass is 473 g/mol. The van der Waals surface area contributed by atoms with Crippen molar-refractivity contribution in [1.29, 1.82) is 0 Å². The van der Waals surface area contributed by atoms with Crippen LogP contribution >= 0.6 is 15.9 Å². The lowest BCUT2D eigenvalue weighted by molar-refractivity contribution is -0.161. The number of anilines is 1. The highest BCUT2D eigenvalue weighted by molar-refractivity contribution is 9.10. The summed E-state index contributed by atoms with van der Waals surface area (Å²) in [6.45, 7) is 4.09. The van der Waals surface area contributed by atoms with Gasteiger partial charge in [-0.3, -0.25) is 4.79 Å². The number of aryl methyl sites for hydroxylation is 2. The second-order valence-corrected chi connectivity index (χ2v) is 9.32. The smallest absolute Gasteiger partial charge is 0.306 e. The second kappa shape index (κ2) is 6.44. The number of rotatable bonds is 1. The van der Waals surface area contributed by atoms with E-state index in [1.165, 1.54) is 5.56 Å². The maximum absolute atomic E-state index is 13.5. The Bertz CT molecular complexity index is 1280. The standard InChI is InChI=1S/C25H20BrN3O2/c1-14-3-6-16(7-4-14)21-13-22-18-12-17(26)8-10-23(18)31-25(29(22)28-21)19-11-15(2)5-9-20(19)27-24(25)30/h3-12,22H,13H2,1-2H3,(H,27,30)/t22-,25-/m1/s1. The van der Waals surface area contributed by atoms with Crippen molar-refractivity contribution in [3.8, 4) is 5.75 Å². The minimum atomic E-state index is -1.32. The van der Waals surface area contributed by atoms with Gasteiger partial charge in [-0.05, 0) is 49.7 Å². The van der Waals surface area contributed by atoms with E-state index in [1.54, 1.807) is 0 Å². The van der Waals surface area contributed by atoms with Gasteiger partial charge in [0.25, 0.3) is 5.91 Å². The van der Waals surface area contributed by atoms with Gasteiger partial charge in [-0.2, -0.15) is 5.10 Å². The highest BCUT2D eigenvalue weighted by atomic mass is 79.9. The predicted octanol–water partition coefficient (Wildman–Crippen LogP) is 5.41. The molecule has 3 aliphatic rings. The molecule has 0 fully saturated rings. The Hall–Kier alpha value is -3.12. The molecule has 0 radical (unpaired) electrons. The topological polar surface area (TPSA) is 53.9 Å². The molecule has 3 aliphatic heterocycles. The van der Waals surface area contributed by atoms with Gasteiger partial charge < -0.3 is 10.1 Å². The number of nitrogens with zero attached hydrogens (tertiary/aromatic N) is 2. The molecule has 6 heteroatoms. The lowest BCUT2D eigenvalue weighted by Gasteiger charge is -2.44. The van der Waals surface area contributed by atoms with Crippen LogP contribution in [0.3, 0.4) is 0 Å². The Kier molecular flexibility index (Phi) is 3.87. The van der Waals surface area contributed by atoms with Gasteiger partial charge >= 0.3 is 5.72 Å². The molecule has 1 N–H and O–H groups in total. The number of nitrogens with one attached hydrogen (secondary N) is 1. The van der Waals surface area contributed by atoms with E-state index < -0.39 is 5.72 Å². The first-order valence-corrected chi connectivity index (χ1v) is 11.1. The average molecular weight is 474 g/mol. The van der Waals surface area contributed by atoms with Gasteiger partial charge in [-0.15, -0.1) is 0 Å². The fourth-order valence-electron chi connectivity index (χ4n) is 4.75. The lowest BCUT2D eigenvalue weighted by atomic mass is 9.92. The van der Waals surface area contributed by atoms with E-state index in [2.05, 4.69) is 58.5 Å². The number of ether oxygens (including phenoxy) is 1. The van der Waals surface area contributed by atoms with E-state index in [-0.39, 0.29) is 11.9 Å². The molecule has 3 aromatic carbocycles. The van der Waals surface area contributed by atoms with E-state index in [1.807, 2.05) is 42.3 Å². The molecule has 5 nitrogen and oxygen atoms in total. The Morgan fingerprint density at radius 3 is 2.65 bits per heavy atom. The third-order valence-electron chi connectivity index (χ3n) is 6.30. The van der Waals surface area contributed by atoms with Gasteiger partial charge in [0.1, 0.15) is 5.75 Å². The van der Waals surface area contributed by atoms with Gasteiger partial charge in [0.15, 0.2) is 0 Å². The molecular formula is C25H20BrN3O2. The number of hydrazone groups is 1. The first-order chi connectivity index (χ1) is 15.0. The van der Waals surface area contributed by atoms with E-state index in [4.69, 9.17) is 9.84 Å². The van der Waals surface area contributed by atoms with E-state index >= 15 is 0 Å². The molecule has 0 unspecified atom stereocenters. The molecule has 3 aromatic rings. The molecule has 6 rings (SSSR count). The van der Waals surface area contributed by atoms with E-state index in [9.17, 15) is 4.79 Å². The summed E-state index contributed by atoms with van der Waals surface area (Å²) in [7, 11) is 0. The van der Waals surface area contributed by atoms with Crippen molar-refractivity contribution in [2.75, 3.05) is 5.32 Å². The Labute approximate surface area is 188 Å². The van der Waals surface area contributed by atoms with Crippen LogP contribution in [0.2, 0.25) is 0 Å². The van der Waals surface area contributed by atoms with Crippen molar-refractivity contribution in [3.05, 3.63) is 93.0 Å². The summed E-state index contributed by atoms with van der Waals surface area (Å²) >= 11 is 3.59. The van der Waals surface area contributed by atoms with Crippen LogP contribution in [0, 0.1) is 13.8 Å². The van der Waals surface area contributed by atoms with Crippen molar-refractivity contribution >= 4 is 33.2 Å². The second-order valence-electron chi connectivity index (χ2n) is 8.41. The summed E-state index contributed by atoms with van der Waals surface area (Å²) in [6.07, 6.45) is 0.700. The van der Waals surface area contributed by atoms with Gasteiger partial charge in [0.2, 0.25) is 0 Å². The zero-order chi connectivity index (χ0) is 21.3. The summed E-state index contributed by atoms with van der Waals surface area (Å²) in [4.78, 5) is 13.5. The number of fused-ring (bicyclic) bond motifs is 6. The molecule has 2 atom stereocenters. The SMILES string of the molecule is Cc1ccc(C2=NN3[C@H](C2)c2cc(Br)ccc2O[C@]32C(=O)Nc3ccc(C)cc32)cc1. The van der Waals surface area contributed by atoms with Gasteiger partial charge in [0.05, 0.1) is 23.0 Å². The van der Waals surface area contributed by atoms with Crippen molar-refractivity contribution in [3.63, 3.8) is 0 Å². The zero-order valence-corrected chi connectivity index (χ0v) is 18.7. The predicted molar refractivity (Wildman–Crippen MR) is 123 cm³/mol. The van der Waals surface area contributed by atoms with Gasteiger partial charge in [0, 0.05) is 16.5 Å². The van der Waals surface area contributed by atoms with Crippen LogP contribution in [0.5, 0.6) is 5.75 Å². The number of hydrogen-bond donors (Lipinski definition) is 1. The highest BCUT2D eigenvalue weighted by Crippen LogP contribution is 2.54. The van der Waals surface area contributed by atoms with Crippen LogP contribution in [0.25, 0.3) is 0 Å². The Morgan fingerprint density at radius 2 is 1.84 bits per heavy atom. The number of hydrogen-bond acceptors (Lipinski definition) is 4. The van der Waals surface area contributed by atoms with Gasteiger partial charge in [-0.1, -0.05) is 57.4 Å². The number of carbonyl (C=O) groups is 1. The summed E-state index contributed by atoms with van der Waals surface area (Å²) in [6, 6.07) is 20.2. The molecule has 1 spiro atoms. The molecule has 0 saturated carbocycles. The van der Waals surface area contributed by atoms with Crippen molar-refractivity contribution in [1.82, 2.24) is 5.01 Å². The fraction of sp³-hybridized carbons (Fsp3) is 0.200. The van der Waals surface area contributed by atoms with Crippen LogP contribution in [0.15, 0.2) is 70.2 Å².